The van der Waals surface area contributed by atoms with E-state index in [2.05, 4.69) is 46.0 Å². The summed E-state index contributed by atoms with van der Waals surface area (Å²) in [5.41, 5.74) is 20.4. The highest BCUT2D eigenvalue weighted by Crippen LogP contribution is 2.22. The zero-order valence-electron chi connectivity index (χ0n) is 31.4. The second kappa shape index (κ2) is 24.2. The van der Waals surface area contributed by atoms with E-state index < -0.39 is 23.9 Å². The van der Waals surface area contributed by atoms with Gasteiger partial charge in [-0.3, -0.25) is 9.59 Å². The maximum Gasteiger partial charge on any atom is 0.334 e. The van der Waals surface area contributed by atoms with E-state index in [-0.39, 0.29) is 49.6 Å². The van der Waals surface area contributed by atoms with E-state index in [1.165, 1.54) is 28.9 Å². The number of carbonyl (C=O) groups is 4. The Bertz CT molecular complexity index is 1870. The highest BCUT2D eigenvalue weighted by Gasteiger charge is 2.17. The Morgan fingerprint density at radius 2 is 1.04 bits per heavy atom. The van der Waals surface area contributed by atoms with Crippen LogP contribution in [0, 0.1) is 31.3 Å². The number of nitrogens with two attached hydrogens (primary N) is 2. The van der Waals surface area contributed by atoms with Crippen molar-refractivity contribution in [3.05, 3.63) is 145 Å². The monoisotopic (exact) mass is 870 g/mol. The summed E-state index contributed by atoms with van der Waals surface area (Å²) in [7, 11) is 2.52. The van der Waals surface area contributed by atoms with Crippen LogP contribution in [0.1, 0.15) is 51.8 Å². The predicted molar refractivity (Wildman–Crippen MR) is 223 cm³/mol. The van der Waals surface area contributed by atoms with Crippen LogP contribution in [-0.2, 0) is 51.3 Å². The third kappa shape index (κ3) is 16.7. The van der Waals surface area contributed by atoms with Crippen LogP contribution in [0.3, 0.4) is 0 Å². The number of carbonyl (C=O) groups excluding carboxylic acids is 4. The summed E-state index contributed by atoms with van der Waals surface area (Å²) in [4.78, 5) is 46.5. The Labute approximate surface area is 337 Å². The Kier molecular flexibility index (Phi) is 21.0. The lowest BCUT2D eigenvalue weighted by Gasteiger charge is -2.09. The van der Waals surface area contributed by atoms with Crippen molar-refractivity contribution in [3.63, 3.8) is 0 Å². The van der Waals surface area contributed by atoms with E-state index >= 15 is 0 Å². The average molecular weight is 871 g/mol. The molecule has 0 saturated heterocycles. The maximum atomic E-state index is 12.1. The molecule has 4 aromatic rings. The molecule has 0 bridgehead atoms. The fourth-order valence-electron chi connectivity index (χ4n) is 4.65. The summed E-state index contributed by atoms with van der Waals surface area (Å²) < 4.78 is 20.7. The lowest BCUT2D eigenvalue weighted by atomic mass is 10.0. The molecule has 288 valence electrons. The number of nitrogen functional groups attached to an aromatic ring is 2. The topological polar surface area (TPSA) is 157 Å². The van der Waals surface area contributed by atoms with E-state index in [0.717, 1.165) is 33.5 Å². The van der Waals surface area contributed by atoms with Crippen LogP contribution in [0.2, 0.25) is 0 Å². The van der Waals surface area contributed by atoms with Crippen molar-refractivity contribution in [2.24, 2.45) is 0 Å². The smallest absolute Gasteiger partial charge is 0.334 e. The lowest BCUT2D eigenvalue weighted by Crippen LogP contribution is -2.12. The Balaban J connectivity index is 0.000000446. The van der Waals surface area contributed by atoms with Gasteiger partial charge in [-0.1, -0.05) is 67.2 Å². The van der Waals surface area contributed by atoms with Gasteiger partial charge in [0.05, 0.1) is 27.1 Å². The molecular weight excluding hydrogens is 823 g/mol. The minimum Gasteiger partial charge on any atom is -0.466 e. The van der Waals surface area contributed by atoms with E-state index in [0.29, 0.717) is 5.69 Å². The standard InChI is InChI=1S/C21H23NO4.C13H14O4.C8H10IN.ClH/c1-14-9-17(10-15(2)20(14)22)11-18(21(24)25-3)12-19(23)26-13-16-7-5-4-6-8-16;1-10(13(15)16-2)8-12(14)17-9-11-6-4-3-5-7-11;1-5-3-7(9)4-6(2)8(5)10;/h4-11H,12-13,22H2,1-3H3;3-7H,1,8-9H2,2H3;3-4H,10H2,1-2H3;1H/b18-11-;;;. The molecule has 0 amide bonds. The van der Waals surface area contributed by atoms with Crippen LogP contribution < -0.4 is 11.5 Å². The number of hydrogen-bond donors (Lipinski definition) is 2. The van der Waals surface area contributed by atoms with E-state index in [1.54, 1.807) is 6.08 Å². The van der Waals surface area contributed by atoms with Crippen molar-refractivity contribution in [2.75, 3.05) is 25.7 Å². The van der Waals surface area contributed by atoms with Crippen LogP contribution in [0.15, 0.2) is 103 Å². The Hall–Kier alpha value is -5.14. The van der Waals surface area contributed by atoms with Crippen molar-refractivity contribution >= 4 is 76.3 Å². The molecule has 4 aromatic carbocycles. The third-order valence-corrected chi connectivity index (χ3v) is 8.24. The molecule has 54 heavy (non-hydrogen) atoms. The molecule has 10 nitrogen and oxygen atoms in total. The van der Waals surface area contributed by atoms with Crippen molar-refractivity contribution < 1.29 is 38.1 Å². The Morgan fingerprint density at radius 3 is 1.44 bits per heavy atom. The minimum atomic E-state index is -0.596. The molecule has 0 aliphatic rings. The van der Waals surface area contributed by atoms with Crippen molar-refractivity contribution in [1.29, 1.82) is 0 Å². The van der Waals surface area contributed by atoms with Gasteiger partial charge in [0, 0.05) is 26.1 Å². The van der Waals surface area contributed by atoms with Gasteiger partial charge in [0.25, 0.3) is 0 Å². The molecular formula is C42H48ClIN2O8. The summed E-state index contributed by atoms with van der Waals surface area (Å²) in [5, 5.41) is 0. The number of hydrogen-bond acceptors (Lipinski definition) is 10. The van der Waals surface area contributed by atoms with Gasteiger partial charge in [-0.25, -0.2) is 9.59 Å². The molecule has 0 fully saturated rings. The van der Waals surface area contributed by atoms with Crippen LogP contribution in [0.25, 0.3) is 6.08 Å². The fraction of sp³-hybridized carbons (Fsp3) is 0.238. The molecule has 0 aliphatic carbocycles. The highest BCUT2D eigenvalue weighted by atomic mass is 127. The van der Waals surface area contributed by atoms with Crippen LogP contribution in [0.5, 0.6) is 0 Å². The van der Waals surface area contributed by atoms with Gasteiger partial charge in [-0.2, -0.15) is 0 Å². The fourth-order valence-corrected chi connectivity index (χ4v) is 5.59. The first-order valence-electron chi connectivity index (χ1n) is 16.5. The highest BCUT2D eigenvalue weighted by molar-refractivity contribution is 14.1. The molecule has 0 aliphatic heterocycles. The van der Waals surface area contributed by atoms with E-state index in [1.807, 2.05) is 100 Å². The molecule has 0 aromatic heterocycles. The number of halogens is 2. The summed E-state index contributed by atoms with van der Waals surface area (Å²) in [6.45, 7) is 11.6. The van der Waals surface area contributed by atoms with Crippen LogP contribution in [-0.4, -0.2) is 38.1 Å². The van der Waals surface area contributed by atoms with Gasteiger partial charge in [0.2, 0.25) is 0 Å². The first-order valence-corrected chi connectivity index (χ1v) is 17.6. The predicted octanol–water partition coefficient (Wildman–Crippen LogP) is 8.34. The molecule has 0 radical (unpaired) electrons. The first kappa shape index (κ1) is 46.9. The largest absolute Gasteiger partial charge is 0.466 e. The molecule has 0 saturated carbocycles. The first-order chi connectivity index (χ1) is 25.1. The lowest BCUT2D eigenvalue weighted by molar-refractivity contribution is -0.146. The number of aryl methyl sites for hydroxylation is 4. The normalized spacial score (nSPS) is 10.2. The summed E-state index contributed by atoms with van der Waals surface area (Å²) in [6.07, 6.45) is 1.32. The molecule has 4 rings (SSSR count). The van der Waals surface area contributed by atoms with Gasteiger partial charge >= 0.3 is 23.9 Å². The number of esters is 4. The van der Waals surface area contributed by atoms with Crippen LogP contribution >= 0.6 is 35.0 Å². The molecule has 4 N–H and O–H groups in total. The number of methoxy groups -OCH3 is 2. The number of ether oxygens (including phenoxy) is 4. The third-order valence-electron chi connectivity index (χ3n) is 7.61. The number of anilines is 2. The van der Waals surface area contributed by atoms with Crippen molar-refractivity contribution in [2.45, 2.75) is 53.8 Å². The summed E-state index contributed by atoms with van der Waals surface area (Å²) in [5.74, 6) is -2.14. The number of rotatable bonds is 11. The Morgan fingerprint density at radius 1 is 0.648 bits per heavy atom. The van der Waals surface area contributed by atoms with Gasteiger partial charge < -0.3 is 30.4 Å². The molecule has 0 atom stereocenters. The van der Waals surface area contributed by atoms with E-state index in [4.69, 9.17) is 25.7 Å². The molecule has 0 spiro atoms. The average Bonchev–Trinajstić information content (AvgIpc) is 3.14. The number of benzene rings is 4. The summed E-state index contributed by atoms with van der Waals surface area (Å²) in [6, 6.07) is 26.5. The quantitative estimate of drug-likeness (QED) is 0.0494. The second-order valence-electron chi connectivity index (χ2n) is 11.9. The van der Waals surface area contributed by atoms with Gasteiger partial charge in [-0.15, -0.1) is 12.4 Å². The summed E-state index contributed by atoms with van der Waals surface area (Å²) >= 11 is 2.29. The maximum absolute atomic E-state index is 12.1. The van der Waals surface area contributed by atoms with E-state index in [9.17, 15) is 19.2 Å². The molecule has 12 heteroatoms. The zero-order chi connectivity index (χ0) is 39.5. The minimum absolute atomic E-state index is 0. The van der Waals surface area contributed by atoms with Gasteiger partial charge in [-0.05, 0) is 120 Å². The SMILES string of the molecule is C=C(CC(=O)OCc1ccccc1)C(=O)OC.COC(=O)/C(=C\c1cc(C)c(N)c(C)c1)CC(=O)OCc1ccccc1.Cc1cc(I)cc(C)c1N.Cl. The molecule has 0 unspecified atom stereocenters. The van der Waals surface area contributed by atoms with Crippen molar-refractivity contribution in [1.82, 2.24) is 0 Å². The van der Waals surface area contributed by atoms with Crippen LogP contribution in [0.4, 0.5) is 11.4 Å². The zero-order valence-corrected chi connectivity index (χ0v) is 34.4. The van der Waals surface area contributed by atoms with Gasteiger partial charge in [0.1, 0.15) is 13.2 Å². The van der Waals surface area contributed by atoms with Crippen molar-refractivity contribution in [3.8, 4) is 0 Å². The van der Waals surface area contributed by atoms with Gasteiger partial charge in [0.15, 0.2) is 0 Å². The molecule has 0 heterocycles. The second-order valence-corrected chi connectivity index (χ2v) is 13.2.